The van der Waals surface area contributed by atoms with Crippen LogP contribution in [-0.4, -0.2) is 46.2 Å². The lowest BCUT2D eigenvalue weighted by molar-refractivity contribution is -0.147. The number of ether oxygens (including phenoxy) is 1. The number of benzene rings is 1. The fraction of sp³-hybridized carbons (Fsp3) is 0.412. The molecule has 0 aliphatic rings. The van der Waals surface area contributed by atoms with Gasteiger partial charge in [-0.2, -0.15) is 0 Å². The Labute approximate surface area is 150 Å². The molecule has 0 aliphatic heterocycles. The summed E-state index contributed by atoms with van der Waals surface area (Å²) in [7, 11) is 0. The molecule has 0 unspecified atom stereocenters. The van der Waals surface area contributed by atoms with Crippen LogP contribution in [-0.2, 0) is 25.7 Å². The van der Waals surface area contributed by atoms with Crippen molar-refractivity contribution < 1.29 is 34.1 Å². The lowest BCUT2D eigenvalue weighted by Gasteiger charge is -2.23. The Morgan fingerprint density at radius 3 is 2.15 bits per heavy atom. The Hall–Kier alpha value is -3.10. The lowest BCUT2D eigenvalue weighted by Crippen LogP contribution is -2.54. The number of rotatable bonds is 9. The lowest BCUT2D eigenvalue weighted by atomic mass is 10.0. The topological polar surface area (TPSA) is 142 Å². The molecule has 0 saturated carbocycles. The molecule has 4 N–H and O–H groups in total. The quantitative estimate of drug-likeness (QED) is 0.510. The van der Waals surface area contributed by atoms with Gasteiger partial charge in [0, 0.05) is 0 Å². The minimum absolute atomic E-state index is 0.00979. The Morgan fingerprint density at radius 1 is 1.04 bits per heavy atom. The third-order valence-electron chi connectivity index (χ3n) is 3.43. The first-order chi connectivity index (χ1) is 12.2. The second kappa shape index (κ2) is 10.0. The molecule has 26 heavy (non-hydrogen) atoms. The Morgan fingerprint density at radius 2 is 1.65 bits per heavy atom. The van der Waals surface area contributed by atoms with Crippen LogP contribution in [0.2, 0.25) is 0 Å². The molecule has 1 aromatic rings. The maximum atomic E-state index is 12.3. The minimum Gasteiger partial charge on any atom is -0.481 e. The van der Waals surface area contributed by atoms with Crippen molar-refractivity contribution >= 4 is 23.9 Å². The zero-order chi connectivity index (χ0) is 19.7. The van der Waals surface area contributed by atoms with Gasteiger partial charge in [-0.3, -0.25) is 9.59 Å². The molecular formula is C17H22N2O7. The van der Waals surface area contributed by atoms with Gasteiger partial charge in [0.15, 0.2) is 0 Å². The van der Waals surface area contributed by atoms with E-state index in [-0.39, 0.29) is 12.5 Å². The summed E-state index contributed by atoms with van der Waals surface area (Å²) < 4.78 is 5.04. The van der Waals surface area contributed by atoms with Crippen molar-refractivity contribution in [1.29, 1.82) is 0 Å². The summed E-state index contributed by atoms with van der Waals surface area (Å²) in [6.07, 6.45) is -1.61. The Kier molecular flexibility index (Phi) is 8.07. The van der Waals surface area contributed by atoms with Crippen LogP contribution in [0.5, 0.6) is 0 Å². The van der Waals surface area contributed by atoms with E-state index in [4.69, 9.17) is 14.9 Å². The second-order valence-electron chi connectivity index (χ2n) is 5.93. The summed E-state index contributed by atoms with van der Waals surface area (Å²) in [6, 6.07) is 6.26. The number of carbonyl (C=O) groups excluding carboxylic acids is 2. The van der Waals surface area contributed by atoms with Gasteiger partial charge in [0.2, 0.25) is 5.91 Å². The van der Waals surface area contributed by atoms with E-state index in [1.807, 2.05) is 6.07 Å². The molecule has 0 bridgehead atoms. The molecule has 1 aromatic carbocycles. The molecule has 2 amide bonds. The number of aliphatic carboxylic acids is 2. The zero-order valence-electron chi connectivity index (χ0n) is 14.5. The summed E-state index contributed by atoms with van der Waals surface area (Å²) in [6.45, 7) is 3.30. The molecule has 142 valence electrons. The van der Waals surface area contributed by atoms with Crippen LogP contribution >= 0.6 is 0 Å². The maximum absolute atomic E-state index is 12.3. The van der Waals surface area contributed by atoms with Gasteiger partial charge in [-0.1, -0.05) is 44.2 Å². The standard InChI is InChI=1S/C17H22N2O7/c1-10(2)14(15(22)18-12(16(23)24)8-13(20)21)19-17(25)26-9-11-6-4-3-5-7-11/h3-7,10,12,14H,8-9H2,1-2H3,(H,18,22)(H,19,25)(H,20,21)(H,23,24)/t12-,14-/m0/s1. The highest BCUT2D eigenvalue weighted by atomic mass is 16.5. The van der Waals surface area contributed by atoms with Crippen molar-refractivity contribution in [1.82, 2.24) is 10.6 Å². The fourth-order valence-electron chi connectivity index (χ4n) is 2.06. The average Bonchev–Trinajstić information content (AvgIpc) is 2.57. The normalized spacial score (nSPS) is 12.7. The van der Waals surface area contributed by atoms with Crippen LogP contribution < -0.4 is 10.6 Å². The van der Waals surface area contributed by atoms with Gasteiger partial charge in [0.25, 0.3) is 0 Å². The maximum Gasteiger partial charge on any atom is 0.408 e. The number of hydrogen-bond acceptors (Lipinski definition) is 5. The average molecular weight is 366 g/mol. The largest absolute Gasteiger partial charge is 0.481 e. The number of carbonyl (C=O) groups is 4. The van der Waals surface area contributed by atoms with Gasteiger partial charge in [0.1, 0.15) is 18.7 Å². The number of alkyl carbamates (subject to hydrolysis) is 1. The zero-order valence-corrected chi connectivity index (χ0v) is 14.5. The third-order valence-corrected chi connectivity index (χ3v) is 3.43. The Bertz CT molecular complexity index is 646. The SMILES string of the molecule is CC(C)[C@H](NC(=O)OCc1ccccc1)C(=O)N[C@@H](CC(=O)O)C(=O)O. The predicted octanol–water partition coefficient (Wildman–Crippen LogP) is 0.981. The predicted molar refractivity (Wildman–Crippen MR) is 90.2 cm³/mol. The van der Waals surface area contributed by atoms with E-state index in [0.29, 0.717) is 0 Å². The van der Waals surface area contributed by atoms with E-state index < -0.39 is 42.4 Å². The van der Waals surface area contributed by atoms with E-state index in [1.165, 1.54) is 0 Å². The van der Waals surface area contributed by atoms with Crippen molar-refractivity contribution in [2.24, 2.45) is 5.92 Å². The van der Waals surface area contributed by atoms with Gasteiger partial charge in [-0.15, -0.1) is 0 Å². The first-order valence-corrected chi connectivity index (χ1v) is 7.93. The van der Waals surface area contributed by atoms with E-state index in [9.17, 15) is 19.2 Å². The summed E-state index contributed by atoms with van der Waals surface area (Å²) in [5, 5.41) is 22.2. The van der Waals surface area contributed by atoms with Crippen LogP contribution in [0.4, 0.5) is 4.79 Å². The van der Waals surface area contributed by atoms with Crippen LogP contribution in [0.25, 0.3) is 0 Å². The van der Waals surface area contributed by atoms with Gasteiger partial charge in [0.05, 0.1) is 6.42 Å². The van der Waals surface area contributed by atoms with E-state index >= 15 is 0 Å². The van der Waals surface area contributed by atoms with E-state index in [0.717, 1.165) is 5.56 Å². The highest BCUT2D eigenvalue weighted by Crippen LogP contribution is 2.06. The summed E-state index contributed by atoms with van der Waals surface area (Å²) in [5.74, 6) is -4.02. The minimum atomic E-state index is -1.59. The van der Waals surface area contributed by atoms with Crippen molar-refractivity contribution in [2.75, 3.05) is 0 Å². The fourth-order valence-corrected chi connectivity index (χ4v) is 2.06. The van der Waals surface area contributed by atoms with Crippen molar-refractivity contribution in [3.63, 3.8) is 0 Å². The summed E-state index contributed by atoms with van der Waals surface area (Å²) >= 11 is 0. The Balaban J connectivity index is 2.65. The molecule has 0 aliphatic carbocycles. The molecule has 0 radical (unpaired) electrons. The molecule has 2 atom stereocenters. The third kappa shape index (κ3) is 7.20. The number of amides is 2. The van der Waals surface area contributed by atoms with Crippen LogP contribution in [0.15, 0.2) is 30.3 Å². The van der Waals surface area contributed by atoms with Crippen LogP contribution in [0, 0.1) is 5.92 Å². The van der Waals surface area contributed by atoms with Crippen molar-refractivity contribution in [3.8, 4) is 0 Å². The molecule has 0 heterocycles. The highest BCUT2D eigenvalue weighted by molar-refractivity contribution is 5.91. The monoisotopic (exact) mass is 366 g/mol. The molecule has 0 saturated heterocycles. The molecule has 0 fully saturated rings. The first kappa shape index (κ1) is 20.9. The number of carboxylic acids is 2. The van der Waals surface area contributed by atoms with E-state index in [1.54, 1.807) is 38.1 Å². The summed E-state index contributed by atoms with van der Waals surface area (Å²) in [5.41, 5.74) is 0.764. The van der Waals surface area contributed by atoms with Crippen LogP contribution in [0.1, 0.15) is 25.8 Å². The van der Waals surface area contributed by atoms with E-state index in [2.05, 4.69) is 10.6 Å². The first-order valence-electron chi connectivity index (χ1n) is 7.93. The van der Waals surface area contributed by atoms with Gasteiger partial charge in [-0.25, -0.2) is 9.59 Å². The highest BCUT2D eigenvalue weighted by Gasteiger charge is 2.30. The number of hydrogen-bond donors (Lipinski definition) is 4. The van der Waals surface area contributed by atoms with Crippen LogP contribution in [0.3, 0.4) is 0 Å². The van der Waals surface area contributed by atoms with Gasteiger partial charge in [-0.05, 0) is 11.5 Å². The molecule has 9 heteroatoms. The molecule has 0 spiro atoms. The molecule has 9 nitrogen and oxygen atoms in total. The molecule has 1 rings (SSSR count). The molecule has 0 aromatic heterocycles. The van der Waals surface area contributed by atoms with Crippen molar-refractivity contribution in [3.05, 3.63) is 35.9 Å². The summed E-state index contributed by atoms with van der Waals surface area (Å²) in [4.78, 5) is 45.9. The smallest absolute Gasteiger partial charge is 0.408 e. The molecular weight excluding hydrogens is 344 g/mol. The number of nitrogens with one attached hydrogen (secondary N) is 2. The number of carboxylic acid groups (broad SMARTS) is 2. The second-order valence-corrected chi connectivity index (χ2v) is 5.93. The van der Waals surface area contributed by atoms with Crippen molar-refractivity contribution in [2.45, 2.75) is 39.0 Å². The van der Waals surface area contributed by atoms with Gasteiger partial charge >= 0.3 is 18.0 Å². The van der Waals surface area contributed by atoms with Gasteiger partial charge < -0.3 is 25.6 Å².